The highest BCUT2D eigenvalue weighted by atomic mass is 32.2. The van der Waals surface area contributed by atoms with Crippen LogP contribution in [0.15, 0.2) is 47.8 Å². The van der Waals surface area contributed by atoms with E-state index in [1.54, 1.807) is 23.1 Å². The lowest BCUT2D eigenvalue weighted by molar-refractivity contribution is -0.115. The van der Waals surface area contributed by atoms with Crippen molar-refractivity contribution in [3.05, 3.63) is 52.7 Å². The highest BCUT2D eigenvalue weighted by Gasteiger charge is 2.34. The summed E-state index contributed by atoms with van der Waals surface area (Å²) in [6.07, 6.45) is 0. The van der Waals surface area contributed by atoms with E-state index >= 15 is 0 Å². The zero-order valence-electron chi connectivity index (χ0n) is 9.08. The topological polar surface area (TPSA) is 20.3 Å². The van der Waals surface area contributed by atoms with Crippen LogP contribution in [0.25, 0.3) is 0 Å². The maximum absolute atomic E-state index is 12.0. The van der Waals surface area contributed by atoms with Gasteiger partial charge >= 0.3 is 0 Å². The van der Waals surface area contributed by atoms with Gasteiger partial charge in [-0.2, -0.15) is 0 Å². The molecule has 1 aliphatic heterocycles. The van der Waals surface area contributed by atoms with E-state index in [1.165, 1.54) is 4.88 Å². The first-order valence-corrected chi connectivity index (χ1v) is 7.31. The molecule has 3 rings (SSSR count). The van der Waals surface area contributed by atoms with E-state index < -0.39 is 0 Å². The number of amides is 1. The van der Waals surface area contributed by atoms with Crippen LogP contribution in [0, 0.1) is 0 Å². The number of hydrogen-bond donors (Lipinski definition) is 0. The summed E-state index contributed by atoms with van der Waals surface area (Å²) in [5, 5.41) is 2.20. The van der Waals surface area contributed by atoms with Crippen molar-refractivity contribution in [3.8, 4) is 0 Å². The Morgan fingerprint density at radius 2 is 1.94 bits per heavy atom. The summed E-state index contributed by atoms with van der Waals surface area (Å²) in [5.74, 6) is 0.761. The Labute approximate surface area is 108 Å². The number of benzene rings is 1. The van der Waals surface area contributed by atoms with Gasteiger partial charge in [-0.1, -0.05) is 24.3 Å². The van der Waals surface area contributed by atoms with E-state index in [0.717, 1.165) is 5.69 Å². The van der Waals surface area contributed by atoms with Gasteiger partial charge in [0.15, 0.2) is 0 Å². The number of carbonyl (C=O) groups excluding carboxylic acids is 1. The predicted molar refractivity (Wildman–Crippen MR) is 73.4 cm³/mol. The van der Waals surface area contributed by atoms with Crippen LogP contribution in [-0.2, 0) is 4.79 Å². The first kappa shape index (κ1) is 10.9. The Hall–Kier alpha value is -1.26. The molecule has 0 aliphatic carbocycles. The third-order valence-electron chi connectivity index (χ3n) is 2.69. The van der Waals surface area contributed by atoms with Crippen molar-refractivity contribution in [1.82, 2.24) is 0 Å². The normalized spacial score (nSPS) is 19.9. The monoisotopic (exact) mass is 261 g/mol. The maximum Gasteiger partial charge on any atom is 0.238 e. The summed E-state index contributed by atoms with van der Waals surface area (Å²) in [4.78, 5) is 15.1. The summed E-state index contributed by atoms with van der Waals surface area (Å²) < 4.78 is 0. The lowest BCUT2D eigenvalue weighted by Gasteiger charge is -2.22. The number of carbonyl (C=O) groups is 1. The van der Waals surface area contributed by atoms with Crippen LogP contribution >= 0.6 is 23.1 Å². The number of thioether (sulfide) groups is 1. The molecule has 1 aliphatic rings. The molecule has 86 valence electrons. The summed E-state index contributed by atoms with van der Waals surface area (Å²) >= 11 is 3.40. The molecule has 0 N–H and O–H groups in total. The number of thiophene rings is 1. The van der Waals surface area contributed by atoms with Gasteiger partial charge in [-0.15, -0.1) is 23.1 Å². The Balaban J connectivity index is 1.98. The van der Waals surface area contributed by atoms with E-state index in [1.807, 2.05) is 41.3 Å². The molecule has 1 aromatic heterocycles. The lowest BCUT2D eigenvalue weighted by atomic mass is 10.2. The van der Waals surface area contributed by atoms with Crippen LogP contribution in [0.2, 0.25) is 0 Å². The molecule has 2 aromatic rings. The molecule has 0 spiro atoms. The first-order valence-electron chi connectivity index (χ1n) is 5.38. The third kappa shape index (κ3) is 1.98. The number of nitrogens with zero attached hydrogens (tertiary/aromatic N) is 1. The second-order valence-electron chi connectivity index (χ2n) is 3.78. The van der Waals surface area contributed by atoms with Gasteiger partial charge in [0.25, 0.3) is 0 Å². The molecule has 1 atom stereocenters. The van der Waals surface area contributed by atoms with E-state index in [4.69, 9.17) is 0 Å². The smallest absolute Gasteiger partial charge is 0.238 e. The zero-order valence-corrected chi connectivity index (χ0v) is 10.7. The minimum absolute atomic E-state index is 0.143. The van der Waals surface area contributed by atoms with Gasteiger partial charge in [0, 0.05) is 10.6 Å². The fourth-order valence-corrected chi connectivity index (χ4v) is 4.07. The van der Waals surface area contributed by atoms with Gasteiger partial charge in [-0.05, 0) is 23.6 Å². The largest absolute Gasteiger partial charge is 0.294 e. The molecule has 2 nitrogen and oxygen atoms in total. The fraction of sp³-hybridized carbons (Fsp3) is 0.154. The molecule has 2 heterocycles. The highest BCUT2D eigenvalue weighted by Crippen LogP contribution is 2.43. The second kappa shape index (κ2) is 4.55. The zero-order chi connectivity index (χ0) is 11.7. The van der Waals surface area contributed by atoms with Gasteiger partial charge in [-0.3, -0.25) is 9.69 Å². The molecule has 0 radical (unpaired) electrons. The van der Waals surface area contributed by atoms with Crippen molar-refractivity contribution in [1.29, 1.82) is 0 Å². The summed E-state index contributed by atoms with van der Waals surface area (Å²) in [5.41, 5.74) is 0.987. The highest BCUT2D eigenvalue weighted by molar-refractivity contribution is 8.01. The van der Waals surface area contributed by atoms with E-state index in [0.29, 0.717) is 5.75 Å². The summed E-state index contributed by atoms with van der Waals surface area (Å²) in [7, 11) is 0. The number of anilines is 1. The molecule has 0 bridgehead atoms. The molecule has 0 unspecified atom stereocenters. The van der Waals surface area contributed by atoms with Gasteiger partial charge < -0.3 is 0 Å². The van der Waals surface area contributed by atoms with Crippen LogP contribution < -0.4 is 4.90 Å². The molecule has 1 aromatic carbocycles. The molecule has 1 fully saturated rings. The number of hydrogen-bond acceptors (Lipinski definition) is 3. The molecule has 0 saturated carbocycles. The average Bonchev–Trinajstić information content (AvgIpc) is 2.98. The van der Waals surface area contributed by atoms with Crippen molar-refractivity contribution in [2.45, 2.75) is 5.37 Å². The van der Waals surface area contributed by atoms with Crippen LogP contribution in [0.4, 0.5) is 5.69 Å². The predicted octanol–water partition coefficient (Wildman–Crippen LogP) is 3.53. The van der Waals surface area contributed by atoms with Gasteiger partial charge in [0.2, 0.25) is 5.91 Å². The summed E-state index contributed by atoms with van der Waals surface area (Å²) in [6.45, 7) is 0. The van der Waals surface area contributed by atoms with E-state index in [-0.39, 0.29) is 11.3 Å². The van der Waals surface area contributed by atoms with Crippen molar-refractivity contribution in [3.63, 3.8) is 0 Å². The Kier molecular flexibility index (Phi) is 2.91. The quantitative estimate of drug-likeness (QED) is 0.824. The molecular formula is C13H11NOS2. The molecule has 1 amide bonds. The molecule has 4 heteroatoms. The first-order chi connectivity index (χ1) is 8.36. The van der Waals surface area contributed by atoms with Crippen molar-refractivity contribution < 1.29 is 4.79 Å². The van der Waals surface area contributed by atoms with Crippen LogP contribution in [0.5, 0.6) is 0 Å². The van der Waals surface area contributed by atoms with Crippen molar-refractivity contribution in [2.75, 3.05) is 10.7 Å². The van der Waals surface area contributed by atoms with Gasteiger partial charge in [0.05, 0.1) is 5.75 Å². The second-order valence-corrected chi connectivity index (χ2v) is 5.83. The lowest BCUT2D eigenvalue weighted by Crippen LogP contribution is -2.27. The average molecular weight is 261 g/mol. The van der Waals surface area contributed by atoms with Crippen molar-refractivity contribution >= 4 is 34.7 Å². The SMILES string of the molecule is O=C1CS[C@H](c2cccs2)N1c1ccccc1. The van der Waals surface area contributed by atoms with E-state index in [2.05, 4.69) is 11.4 Å². The van der Waals surface area contributed by atoms with E-state index in [9.17, 15) is 4.79 Å². The van der Waals surface area contributed by atoms with Crippen LogP contribution in [0.3, 0.4) is 0 Å². The van der Waals surface area contributed by atoms with Crippen molar-refractivity contribution in [2.24, 2.45) is 0 Å². The minimum Gasteiger partial charge on any atom is -0.294 e. The number of para-hydroxylation sites is 1. The fourth-order valence-electron chi connectivity index (χ4n) is 1.93. The Morgan fingerprint density at radius 3 is 2.65 bits per heavy atom. The third-order valence-corrected chi connectivity index (χ3v) is 4.96. The van der Waals surface area contributed by atoms with Gasteiger partial charge in [0.1, 0.15) is 5.37 Å². The Bertz CT molecular complexity index is 509. The maximum atomic E-state index is 12.0. The van der Waals surface area contributed by atoms with Gasteiger partial charge in [-0.25, -0.2) is 0 Å². The molecule has 1 saturated heterocycles. The Morgan fingerprint density at radius 1 is 1.12 bits per heavy atom. The molecule has 17 heavy (non-hydrogen) atoms. The van der Waals surface area contributed by atoms with Crippen LogP contribution in [-0.4, -0.2) is 11.7 Å². The minimum atomic E-state index is 0.143. The van der Waals surface area contributed by atoms with Crippen LogP contribution in [0.1, 0.15) is 10.3 Å². The summed E-state index contributed by atoms with van der Waals surface area (Å²) in [6, 6.07) is 14.0. The standard InChI is InChI=1S/C13H11NOS2/c15-12-9-17-13(11-7-4-8-16-11)14(12)10-5-2-1-3-6-10/h1-8,13H,9H2/t13-/m1/s1. The number of rotatable bonds is 2. The molecular weight excluding hydrogens is 250 g/mol.